The highest BCUT2D eigenvalue weighted by Gasteiger charge is 2.45. The minimum Gasteiger partial charge on any atom is -0.300 e. The first kappa shape index (κ1) is 16.9. The minimum atomic E-state index is -0.169. The largest absolute Gasteiger partial charge is 0.300 e. The molecule has 0 radical (unpaired) electrons. The molecule has 0 aromatic carbocycles. The number of likely N-dealkylation sites (tertiary alicyclic amines) is 1. The van der Waals surface area contributed by atoms with Crippen LogP contribution < -0.4 is 0 Å². The molecule has 0 spiro atoms. The van der Waals surface area contributed by atoms with Crippen molar-refractivity contribution in [3.63, 3.8) is 0 Å². The quantitative estimate of drug-likeness (QED) is 0.386. The molecule has 20 heavy (non-hydrogen) atoms. The van der Waals surface area contributed by atoms with Crippen molar-refractivity contribution in [2.75, 3.05) is 6.54 Å². The molecule has 1 fully saturated rings. The Labute approximate surface area is 122 Å². The van der Waals surface area contributed by atoms with Gasteiger partial charge >= 0.3 is 0 Å². The smallest absolute Gasteiger partial charge is 0.232 e. The maximum atomic E-state index is 12.3. The van der Waals surface area contributed by atoms with Gasteiger partial charge < -0.3 is 4.79 Å². The molecule has 1 aliphatic heterocycles. The molecular formula is C15H26BNO3. The first-order chi connectivity index (χ1) is 9.29. The zero-order chi connectivity index (χ0) is 15.3. The van der Waals surface area contributed by atoms with Crippen molar-refractivity contribution in [3.05, 3.63) is 0 Å². The van der Waals surface area contributed by atoms with Gasteiger partial charge in [0.2, 0.25) is 11.8 Å². The first-order valence-corrected chi connectivity index (χ1v) is 7.63. The van der Waals surface area contributed by atoms with Crippen LogP contribution in [0, 0.1) is 5.92 Å². The van der Waals surface area contributed by atoms with Gasteiger partial charge in [-0.05, 0) is 25.1 Å². The summed E-state index contributed by atoms with van der Waals surface area (Å²) in [6.07, 6.45) is 4.36. The van der Waals surface area contributed by atoms with Crippen LogP contribution in [0.4, 0.5) is 0 Å². The summed E-state index contributed by atoms with van der Waals surface area (Å²) in [7, 11) is 2.05. The van der Waals surface area contributed by atoms with Gasteiger partial charge in [0.15, 0.2) is 0 Å². The van der Waals surface area contributed by atoms with Crippen molar-refractivity contribution in [2.45, 2.75) is 64.6 Å². The minimum absolute atomic E-state index is 0.00609. The molecule has 0 N–H and O–H groups in total. The predicted octanol–water partition coefficient (Wildman–Crippen LogP) is 1.73. The molecule has 0 bridgehead atoms. The SMILES string of the molecule is BC(C)(CC)C1CC(=O)N(CCCCCC(C)=O)C1=O. The summed E-state index contributed by atoms with van der Waals surface area (Å²) in [6.45, 7) is 6.21. The molecule has 1 rings (SSSR count). The molecule has 1 aliphatic rings. The molecule has 112 valence electrons. The van der Waals surface area contributed by atoms with Crippen molar-refractivity contribution in [1.82, 2.24) is 4.90 Å². The van der Waals surface area contributed by atoms with E-state index in [2.05, 4.69) is 21.7 Å². The number of nitrogens with zero attached hydrogens (tertiary/aromatic N) is 1. The van der Waals surface area contributed by atoms with Crippen LogP contribution in [0.5, 0.6) is 0 Å². The number of rotatable bonds is 8. The molecule has 4 nitrogen and oxygen atoms in total. The van der Waals surface area contributed by atoms with E-state index in [0.29, 0.717) is 19.4 Å². The molecule has 2 unspecified atom stereocenters. The standard InChI is InChI=1S/C15H26BNO3/c1-4-15(3,16)12-10-13(19)17(14(12)20)9-7-5-6-8-11(2)18/h12H,4-10,16H2,1-3H3. The third-order valence-electron chi connectivity index (χ3n) is 4.51. The molecule has 0 aliphatic carbocycles. The lowest BCUT2D eigenvalue weighted by molar-refractivity contribution is -0.139. The van der Waals surface area contributed by atoms with E-state index < -0.39 is 0 Å². The van der Waals surface area contributed by atoms with E-state index in [1.54, 1.807) is 6.92 Å². The number of carbonyl (C=O) groups is 3. The highest BCUT2D eigenvalue weighted by molar-refractivity contribution is 6.19. The molecule has 1 heterocycles. The fraction of sp³-hybridized carbons (Fsp3) is 0.800. The van der Waals surface area contributed by atoms with Gasteiger partial charge in [-0.1, -0.05) is 26.7 Å². The Morgan fingerprint density at radius 1 is 1.35 bits per heavy atom. The highest BCUT2D eigenvalue weighted by Crippen LogP contribution is 2.42. The van der Waals surface area contributed by atoms with Gasteiger partial charge in [0.25, 0.3) is 0 Å². The van der Waals surface area contributed by atoms with Crippen LogP contribution in [0.25, 0.3) is 0 Å². The Morgan fingerprint density at radius 3 is 2.55 bits per heavy atom. The second-order valence-corrected chi connectivity index (χ2v) is 6.50. The zero-order valence-electron chi connectivity index (χ0n) is 13.2. The summed E-state index contributed by atoms with van der Waals surface area (Å²) >= 11 is 0. The molecule has 1 saturated heterocycles. The average molecular weight is 279 g/mol. The molecule has 2 amide bonds. The van der Waals surface area contributed by atoms with E-state index in [9.17, 15) is 14.4 Å². The van der Waals surface area contributed by atoms with Crippen LogP contribution in [-0.4, -0.2) is 36.9 Å². The Kier molecular flexibility index (Phi) is 5.96. The van der Waals surface area contributed by atoms with Crippen molar-refractivity contribution in [2.24, 2.45) is 5.92 Å². The van der Waals surface area contributed by atoms with Gasteiger partial charge in [-0.25, -0.2) is 0 Å². The van der Waals surface area contributed by atoms with Crippen LogP contribution in [0.1, 0.15) is 59.3 Å². The van der Waals surface area contributed by atoms with Crippen LogP contribution >= 0.6 is 0 Å². The van der Waals surface area contributed by atoms with E-state index in [1.807, 2.05) is 0 Å². The van der Waals surface area contributed by atoms with E-state index in [-0.39, 0.29) is 28.8 Å². The highest BCUT2D eigenvalue weighted by atomic mass is 16.2. The number of hydrogen-bond donors (Lipinski definition) is 0. The van der Waals surface area contributed by atoms with Crippen LogP contribution in [0.15, 0.2) is 0 Å². The summed E-state index contributed by atoms with van der Waals surface area (Å²) in [5.41, 5.74) is 0. The van der Waals surface area contributed by atoms with Crippen molar-refractivity contribution < 1.29 is 14.4 Å². The monoisotopic (exact) mass is 279 g/mol. The fourth-order valence-corrected chi connectivity index (χ4v) is 2.60. The molecule has 0 aromatic rings. The van der Waals surface area contributed by atoms with Crippen LogP contribution in [0.3, 0.4) is 0 Å². The summed E-state index contributed by atoms with van der Waals surface area (Å²) in [5, 5.41) is -0.115. The lowest BCUT2D eigenvalue weighted by Gasteiger charge is -2.28. The number of carbonyl (C=O) groups excluding carboxylic acids is 3. The van der Waals surface area contributed by atoms with E-state index in [1.165, 1.54) is 4.90 Å². The maximum absolute atomic E-state index is 12.3. The lowest BCUT2D eigenvalue weighted by Crippen LogP contribution is -2.34. The Balaban J connectivity index is 2.45. The van der Waals surface area contributed by atoms with E-state index in [4.69, 9.17) is 0 Å². The van der Waals surface area contributed by atoms with Crippen LogP contribution in [-0.2, 0) is 14.4 Å². The van der Waals surface area contributed by atoms with Crippen molar-refractivity contribution in [3.8, 4) is 0 Å². The van der Waals surface area contributed by atoms with E-state index in [0.717, 1.165) is 25.7 Å². The molecule has 5 heteroatoms. The summed E-state index contributed by atoms with van der Waals surface area (Å²) in [5.74, 6) is -0.0122. The number of amides is 2. The maximum Gasteiger partial charge on any atom is 0.232 e. The fourth-order valence-electron chi connectivity index (χ4n) is 2.60. The number of imide groups is 1. The molecule has 2 atom stereocenters. The number of Topliss-reactive ketones (excluding diaryl/α,β-unsaturated/α-hetero) is 1. The number of ketones is 1. The van der Waals surface area contributed by atoms with Crippen molar-refractivity contribution in [1.29, 1.82) is 0 Å². The number of unbranched alkanes of at least 4 members (excludes halogenated alkanes) is 2. The van der Waals surface area contributed by atoms with Gasteiger partial charge in [0.1, 0.15) is 13.6 Å². The van der Waals surface area contributed by atoms with Gasteiger partial charge in [-0.15, -0.1) is 0 Å². The Hall–Kier alpha value is -1.13. The normalized spacial score (nSPS) is 22.1. The second-order valence-electron chi connectivity index (χ2n) is 6.50. The third kappa shape index (κ3) is 4.19. The molecular weight excluding hydrogens is 253 g/mol. The topological polar surface area (TPSA) is 54.5 Å². The van der Waals surface area contributed by atoms with Gasteiger partial charge in [0, 0.05) is 25.3 Å². The summed E-state index contributed by atoms with van der Waals surface area (Å²) in [6, 6.07) is 0. The molecule has 0 aromatic heterocycles. The summed E-state index contributed by atoms with van der Waals surface area (Å²) < 4.78 is 0. The molecule has 0 saturated carbocycles. The van der Waals surface area contributed by atoms with Gasteiger partial charge in [-0.3, -0.25) is 14.5 Å². The second kappa shape index (κ2) is 7.05. The van der Waals surface area contributed by atoms with Crippen molar-refractivity contribution >= 4 is 25.4 Å². The predicted molar refractivity (Wildman–Crippen MR) is 81.2 cm³/mol. The van der Waals surface area contributed by atoms with Gasteiger partial charge in [0.05, 0.1) is 0 Å². The third-order valence-corrected chi connectivity index (χ3v) is 4.51. The van der Waals surface area contributed by atoms with Crippen LogP contribution in [0.2, 0.25) is 5.31 Å². The lowest BCUT2D eigenvalue weighted by atomic mass is 9.60. The first-order valence-electron chi connectivity index (χ1n) is 7.63. The average Bonchev–Trinajstić information content (AvgIpc) is 2.66. The Bertz CT molecular complexity index is 393. The van der Waals surface area contributed by atoms with Gasteiger partial charge in [-0.2, -0.15) is 0 Å². The number of hydrogen-bond acceptors (Lipinski definition) is 3. The Morgan fingerprint density at radius 2 is 2.00 bits per heavy atom. The zero-order valence-corrected chi connectivity index (χ0v) is 13.2. The summed E-state index contributed by atoms with van der Waals surface area (Å²) in [4.78, 5) is 36.6. The van der Waals surface area contributed by atoms with E-state index >= 15 is 0 Å².